The fraction of sp³-hybridized carbons (Fsp3) is 0.440. The molecule has 0 aliphatic carbocycles. The molecule has 0 radical (unpaired) electrons. The van der Waals surface area contributed by atoms with Crippen molar-refractivity contribution in [2.75, 3.05) is 14.2 Å². The molecule has 170 valence electrons. The highest BCUT2D eigenvalue weighted by Crippen LogP contribution is 2.27. The largest absolute Gasteiger partial charge is 0.497 e. The molecule has 0 aliphatic heterocycles. The Morgan fingerprint density at radius 2 is 1.48 bits per heavy atom. The molecular formula is C25H35NO4S. The molecule has 0 saturated carbocycles. The second-order valence-corrected chi connectivity index (χ2v) is 10.2. The van der Waals surface area contributed by atoms with Crippen molar-refractivity contribution in [3.05, 3.63) is 77.9 Å². The molecule has 0 spiro atoms. The average molecular weight is 446 g/mol. The van der Waals surface area contributed by atoms with Gasteiger partial charge in [0, 0.05) is 20.2 Å². The molecule has 0 heterocycles. The Kier molecular flexibility index (Phi) is 9.29. The number of rotatable bonds is 12. The van der Waals surface area contributed by atoms with E-state index in [2.05, 4.69) is 6.58 Å². The molecule has 6 heteroatoms. The van der Waals surface area contributed by atoms with Crippen molar-refractivity contribution in [2.24, 2.45) is 5.92 Å². The Balaban J connectivity index is 2.45. The summed E-state index contributed by atoms with van der Waals surface area (Å²) in [5.74, 6) is 0.619. The summed E-state index contributed by atoms with van der Waals surface area (Å²) in [5.41, 5.74) is 2.98. The van der Waals surface area contributed by atoms with Crippen molar-refractivity contribution in [1.82, 2.24) is 4.31 Å². The first kappa shape index (κ1) is 25.1. The predicted octanol–water partition coefficient (Wildman–Crippen LogP) is 4.95. The van der Waals surface area contributed by atoms with Crippen LogP contribution in [0.5, 0.6) is 5.75 Å². The zero-order valence-corrected chi connectivity index (χ0v) is 20.1. The molecule has 31 heavy (non-hydrogen) atoms. The number of hydrogen-bond donors (Lipinski definition) is 0. The molecule has 0 amide bonds. The lowest BCUT2D eigenvalue weighted by Crippen LogP contribution is -2.47. The fourth-order valence-electron chi connectivity index (χ4n) is 3.73. The van der Waals surface area contributed by atoms with E-state index in [1.54, 1.807) is 24.6 Å². The average Bonchev–Trinajstić information content (AvgIpc) is 2.74. The predicted molar refractivity (Wildman–Crippen MR) is 127 cm³/mol. The van der Waals surface area contributed by atoms with E-state index < -0.39 is 21.4 Å². The molecule has 2 aromatic carbocycles. The Hall–Kier alpha value is -2.15. The summed E-state index contributed by atoms with van der Waals surface area (Å²) >= 11 is 0. The van der Waals surface area contributed by atoms with Crippen LogP contribution in [-0.2, 0) is 27.8 Å². The highest BCUT2D eigenvalue weighted by atomic mass is 32.2. The topological polar surface area (TPSA) is 55.8 Å². The van der Waals surface area contributed by atoms with Crippen LogP contribution in [0, 0.1) is 12.8 Å². The number of methoxy groups -OCH3 is 2. The Labute approximate surface area is 187 Å². The fourth-order valence-corrected chi connectivity index (χ4v) is 6.03. The molecule has 2 aromatic rings. The van der Waals surface area contributed by atoms with Gasteiger partial charge in [0.2, 0.25) is 10.0 Å². The molecular weight excluding hydrogens is 410 g/mol. The number of nitrogens with zero attached hydrogens (tertiary/aromatic N) is 1. The maximum atomic E-state index is 13.9. The zero-order valence-electron chi connectivity index (χ0n) is 19.2. The third-order valence-electron chi connectivity index (χ3n) is 5.43. The van der Waals surface area contributed by atoms with Crippen molar-refractivity contribution in [2.45, 2.75) is 51.6 Å². The number of sulfonamides is 1. The molecule has 2 rings (SSSR count). The summed E-state index contributed by atoms with van der Waals surface area (Å²) in [6.45, 7) is 10.2. The van der Waals surface area contributed by atoms with Crippen LogP contribution in [0.1, 0.15) is 37.0 Å². The molecule has 0 aliphatic rings. The lowest BCUT2D eigenvalue weighted by molar-refractivity contribution is 0.0877. The van der Waals surface area contributed by atoms with Crippen LogP contribution in [0.15, 0.2) is 61.2 Å². The first-order valence-electron chi connectivity index (χ1n) is 10.5. The van der Waals surface area contributed by atoms with Gasteiger partial charge in [-0.2, -0.15) is 4.31 Å². The van der Waals surface area contributed by atoms with Crippen LogP contribution >= 0.6 is 0 Å². The third-order valence-corrected chi connectivity index (χ3v) is 7.94. The summed E-state index contributed by atoms with van der Waals surface area (Å²) in [5, 5.41) is -0.681. The first-order chi connectivity index (χ1) is 14.7. The molecule has 5 nitrogen and oxygen atoms in total. The lowest BCUT2D eigenvalue weighted by Gasteiger charge is -2.34. The molecule has 0 unspecified atom stereocenters. The van der Waals surface area contributed by atoms with Crippen LogP contribution in [0.25, 0.3) is 0 Å². The first-order valence-corrected chi connectivity index (χ1v) is 12.0. The minimum absolute atomic E-state index is 0.119. The minimum atomic E-state index is -3.69. The third kappa shape index (κ3) is 6.66. The summed E-state index contributed by atoms with van der Waals surface area (Å²) in [6, 6.07) is 15.5. The second kappa shape index (κ2) is 11.5. The van der Waals surface area contributed by atoms with E-state index in [9.17, 15) is 8.42 Å². The maximum Gasteiger partial charge on any atom is 0.220 e. The van der Waals surface area contributed by atoms with E-state index in [1.807, 2.05) is 69.3 Å². The van der Waals surface area contributed by atoms with Crippen molar-refractivity contribution in [1.29, 1.82) is 0 Å². The van der Waals surface area contributed by atoms with Gasteiger partial charge in [-0.05, 0) is 42.5 Å². The lowest BCUT2D eigenvalue weighted by atomic mass is 10.0. The van der Waals surface area contributed by atoms with E-state index in [-0.39, 0.29) is 12.5 Å². The van der Waals surface area contributed by atoms with Gasteiger partial charge in [0.1, 0.15) is 11.0 Å². The van der Waals surface area contributed by atoms with Gasteiger partial charge >= 0.3 is 0 Å². The monoisotopic (exact) mass is 445 g/mol. The molecule has 0 saturated heterocycles. The van der Waals surface area contributed by atoms with Gasteiger partial charge in [-0.15, -0.1) is 6.58 Å². The summed E-state index contributed by atoms with van der Waals surface area (Å²) in [4.78, 5) is 0. The van der Waals surface area contributed by atoms with Gasteiger partial charge in [-0.25, -0.2) is 8.42 Å². The van der Waals surface area contributed by atoms with E-state index in [1.165, 1.54) is 0 Å². The summed E-state index contributed by atoms with van der Waals surface area (Å²) < 4.78 is 40.3. The van der Waals surface area contributed by atoms with Gasteiger partial charge in [0.25, 0.3) is 0 Å². The number of ether oxygens (including phenoxy) is 2. The van der Waals surface area contributed by atoms with Crippen molar-refractivity contribution in [3.8, 4) is 5.75 Å². The molecule has 2 atom stereocenters. The zero-order chi connectivity index (χ0) is 23.0. The second-order valence-electron chi connectivity index (χ2n) is 8.15. The number of aryl methyl sites for hydroxylation is 1. The van der Waals surface area contributed by atoms with Gasteiger partial charge in [-0.1, -0.05) is 61.9 Å². The SMILES string of the molecule is C=CC[C@H](OC)[C@@H](C(C)C)S(=O)(=O)N(Cc1ccc(C)cc1)Cc1ccc(OC)cc1. The van der Waals surface area contributed by atoms with Crippen LogP contribution < -0.4 is 4.74 Å². The quantitative estimate of drug-likeness (QED) is 0.434. The normalized spacial score (nSPS) is 13.9. The van der Waals surface area contributed by atoms with Gasteiger partial charge in [0.15, 0.2) is 0 Å². The highest BCUT2D eigenvalue weighted by molar-refractivity contribution is 7.89. The molecule has 0 fully saturated rings. The van der Waals surface area contributed by atoms with Gasteiger partial charge < -0.3 is 9.47 Å². The number of hydrogen-bond acceptors (Lipinski definition) is 4. The molecule has 0 aromatic heterocycles. The summed E-state index contributed by atoms with van der Waals surface area (Å²) in [6.07, 6.45) is 1.73. The van der Waals surface area contributed by atoms with Crippen molar-refractivity contribution in [3.63, 3.8) is 0 Å². The van der Waals surface area contributed by atoms with E-state index >= 15 is 0 Å². The standard InChI is InChI=1S/C25H35NO4S/c1-7-8-24(30-6)25(19(2)3)31(27,28)26(17-21-11-9-20(4)10-12-21)18-22-13-15-23(29-5)16-14-22/h7,9-16,19,24-25H,1,8,17-18H2,2-6H3/t24-,25+/m0/s1. The summed E-state index contributed by atoms with van der Waals surface area (Å²) in [7, 11) is -0.514. The highest BCUT2D eigenvalue weighted by Gasteiger charge is 2.39. The van der Waals surface area contributed by atoms with E-state index in [0.29, 0.717) is 13.0 Å². The van der Waals surface area contributed by atoms with Crippen LogP contribution in [0.2, 0.25) is 0 Å². The van der Waals surface area contributed by atoms with Crippen LogP contribution in [-0.4, -0.2) is 38.3 Å². The number of benzene rings is 2. The molecule has 0 bridgehead atoms. The Morgan fingerprint density at radius 3 is 1.90 bits per heavy atom. The smallest absolute Gasteiger partial charge is 0.220 e. The van der Waals surface area contributed by atoms with Crippen LogP contribution in [0.3, 0.4) is 0 Å². The van der Waals surface area contributed by atoms with Crippen molar-refractivity contribution < 1.29 is 17.9 Å². The molecule has 0 N–H and O–H groups in total. The van der Waals surface area contributed by atoms with Crippen LogP contribution in [0.4, 0.5) is 0 Å². The van der Waals surface area contributed by atoms with Gasteiger partial charge in [0.05, 0.1) is 13.2 Å². The minimum Gasteiger partial charge on any atom is -0.497 e. The van der Waals surface area contributed by atoms with Crippen molar-refractivity contribution >= 4 is 10.0 Å². The van der Waals surface area contributed by atoms with E-state index in [4.69, 9.17) is 9.47 Å². The van der Waals surface area contributed by atoms with E-state index in [0.717, 1.165) is 22.4 Å². The maximum absolute atomic E-state index is 13.9. The Bertz CT molecular complexity index is 921. The van der Waals surface area contributed by atoms with Gasteiger partial charge in [-0.3, -0.25) is 0 Å². The Morgan fingerprint density at radius 1 is 0.968 bits per heavy atom.